The highest BCUT2D eigenvalue weighted by molar-refractivity contribution is 6.43. The first kappa shape index (κ1) is 25.8. The molecule has 0 radical (unpaired) electrons. The van der Waals surface area contributed by atoms with Gasteiger partial charge in [-0.2, -0.15) is 0 Å². The van der Waals surface area contributed by atoms with Crippen molar-refractivity contribution in [3.05, 3.63) is 35.9 Å². The number of nitrogens with one attached hydrogen (secondary N) is 2. The second kappa shape index (κ2) is 10.00. The average molecular weight is 509 g/mol. The molecule has 3 fully saturated rings. The molecule has 194 valence electrons. The molecule has 9 nitrogen and oxygen atoms in total. The number of likely N-dealkylation sites (tertiary alicyclic amines) is 1. The first-order valence-electron chi connectivity index (χ1n) is 11.7. The third-order valence-electron chi connectivity index (χ3n) is 7.03. The maximum Gasteiger partial charge on any atom is 0.522 e. The molecule has 0 aromatic heterocycles. The molecule has 2 heterocycles. The number of Topliss-reactive ketones (excluding diaryl/α,β-unsaturated/α-hetero) is 2. The summed E-state index contributed by atoms with van der Waals surface area (Å²) in [7, 11) is 0. The number of ether oxygens (including phenoxy) is 1. The molecule has 1 aromatic carbocycles. The summed E-state index contributed by atoms with van der Waals surface area (Å²) >= 11 is 0. The van der Waals surface area contributed by atoms with Crippen LogP contribution < -0.4 is 10.6 Å². The van der Waals surface area contributed by atoms with E-state index in [0.29, 0.717) is 13.0 Å². The topological polar surface area (TPSA) is 122 Å². The minimum absolute atomic E-state index is 0.169. The number of carbonyl (C=O) groups is 5. The number of alkyl halides is 3. The third-order valence-corrected chi connectivity index (χ3v) is 7.03. The fourth-order valence-corrected chi connectivity index (χ4v) is 4.83. The minimum atomic E-state index is -5.04. The van der Waals surface area contributed by atoms with Crippen molar-refractivity contribution in [3.8, 4) is 0 Å². The number of halogens is 3. The SMILES string of the molecule is O=C(C(=O)N1CC2(CC2)C[C@H]1C(=O)NC(C[C@@H]1CCNC1=O)C(=O)COC(F)(F)F)c1ccccc1. The summed E-state index contributed by atoms with van der Waals surface area (Å²) in [6.45, 7) is -0.776. The van der Waals surface area contributed by atoms with E-state index in [2.05, 4.69) is 15.4 Å². The third kappa shape index (κ3) is 5.92. The van der Waals surface area contributed by atoms with Crippen LogP contribution in [0.2, 0.25) is 0 Å². The number of nitrogens with zero attached hydrogens (tertiary/aromatic N) is 1. The molecule has 1 aliphatic carbocycles. The van der Waals surface area contributed by atoms with Gasteiger partial charge in [-0.05, 0) is 37.5 Å². The van der Waals surface area contributed by atoms with Crippen LogP contribution >= 0.6 is 0 Å². The average Bonchev–Trinajstić information content (AvgIpc) is 3.30. The summed E-state index contributed by atoms with van der Waals surface area (Å²) in [4.78, 5) is 64.9. The van der Waals surface area contributed by atoms with Gasteiger partial charge in [-0.3, -0.25) is 28.7 Å². The highest BCUT2D eigenvalue weighted by atomic mass is 19.4. The summed E-state index contributed by atoms with van der Waals surface area (Å²) in [5.41, 5.74) is -0.123. The van der Waals surface area contributed by atoms with Crippen molar-refractivity contribution >= 4 is 29.3 Å². The highest BCUT2D eigenvalue weighted by Gasteiger charge is 2.56. The molecule has 1 spiro atoms. The Bertz CT molecular complexity index is 1060. The van der Waals surface area contributed by atoms with Gasteiger partial charge in [-0.25, -0.2) is 0 Å². The van der Waals surface area contributed by atoms with Crippen molar-refractivity contribution in [1.29, 1.82) is 0 Å². The minimum Gasteiger partial charge on any atom is -0.356 e. The lowest BCUT2D eigenvalue weighted by atomic mass is 9.95. The van der Waals surface area contributed by atoms with Crippen LogP contribution in [0.25, 0.3) is 0 Å². The quantitative estimate of drug-likeness (QED) is 0.383. The van der Waals surface area contributed by atoms with Crippen LogP contribution in [-0.2, 0) is 23.9 Å². The predicted octanol–water partition coefficient (Wildman–Crippen LogP) is 1.37. The van der Waals surface area contributed by atoms with Gasteiger partial charge < -0.3 is 15.5 Å². The van der Waals surface area contributed by atoms with Crippen molar-refractivity contribution < 1.29 is 41.9 Å². The first-order chi connectivity index (χ1) is 17.0. The van der Waals surface area contributed by atoms with Gasteiger partial charge in [0.15, 0.2) is 5.78 Å². The first-order valence-corrected chi connectivity index (χ1v) is 11.7. The molecule has 3 amide bonds. The predicted molar refractivity (Wildman–Crippen MR) is 117 cm³/mol. The van der Waals surface area contributed by atoms with E-state index in [1.165, 1.54) is 17.0 Å². The van der Waals surface area contributed by atoms with Gasteiger partial charge in [0.1, 0.15) is 12.6 Å². The fraction of sp³-hybridized carbons (Fsp3) is 0.542. The van der Waals surface area contributed by atoms with E-state index in [1.807, 2.05) is 0 Å². The molecule has 1 unspecified atom stereocenters. The number of rotatable bonds is 9. The van der Waals surface area contributed by atoms with E-state index in [0.717, 1.165) is 12.8 Å². The summed E-state index contributed by atoms with van der Waals surface area (Å²) in [5, 5.41) is 5.03. The number of benzene rings is 1. The van der Waals surface area contributed by atoms with Crippen molar-refractivity contribution in [3.63, 3.8) is 0 Å². The molecular formula is C24H26F3N3O6. The van der Waals surface area contributed by atoms with E-state index >= 15 is 0 Å². The second-order valence-corrected chi connectivity index (χ2v) is 9.62. The molecule has 0 bridgehead atoms. The van der Waals surface area contributed by atoms with E-state index in [4.69, 9.17) is 0 Å². The van der Waals surface area contributed by atoms with Gasteiger partial charge in [-0.15, -0.1) is 13.2 Å². The Morgan fingerprint density at radius 3 is 2.44 bits per heavy atom. The van der Waals surface area contributed by atoms with E-state index in [9.17, 15) is 37.1 Å². The van der Waals surface area contributed by atoms with Crippen LogP contribution in [-0.4, -0.2) is 72.3 Å². The summed E-state index contributed by atoms with van der Waals surface area (Å²) in [6, 6.07) is 5.39. The van der Waals surface area contributed by atoms with Gasteiger partial charge in [0.05, 0.1) is 6.04 Å². The van der Waals surface area contributed by atoms with E-state index in [-0.39, 0.29) is 36.3 Å². The number of carbonyl (C=O) groups excluding carboxylic acids is 5. The van der Waals surface area contributed by atoms with Crippen molar-refractivity contribution in [2.24, 2.45) is 11.3 Å². The Hall–Kier alpha value is -3.28. The maximum atomic E-state index is 13.3. The Labute approximate surface area is 204 Å². The van der Waals surface area contributed by atoms with Crippen LogP contribution in [0.4, 0.5) is 13.2 Å². The van der Waals surface area contributed by atoms with Crippen LogP contribution in [0.1, 0.15) is 42.5 Å². The fourth-order valence-electron chi connectivity index (χ4n) is 4.83. The Morgan fingerprint density at radius 1 is 1.17 bits per heavy atom. The molecular weight excluding hydrogens is 483 g/mol. The smallest absolute Gasteiger partial charge is 0.356 e. The van der Waals surface area contributed by atoms with Crippen LogP contribution in [0.5, 0.6) is 0 Å². The largest absolute Gasteiger partial charge is 0.522 e. The van der Waals surface area contributed by atoms with Gasteiger partial charge >= 0.3 is 6.36 Å². The molecule has 12 heteroatoms. The molecule has 4 rings (SSSR count). The van der Waals surface area contributed by atoms with Crippen molar-refractivity contribution in [2.45, 2.75) is 50.6 Å². The lowest BCUT2D eigenvalue weighted by Crippen LogP contribution is -2.53. The van der Waals surface area contributed by atoms with Crippen LogP contribution in [0, 0.1) is 11.3 Å². The second-order valence-electron chi connectivity index (χ2n) is 9.62. The summed E-state index contributed by atoms with van der Waals surface area (Å²) in [5.74, 6) is -4.46. The highest BCUT2D eigenvalue weighted by Crippen LogP contribution is 2.54. The molecule has 36 heavy (non-hydrogen) atoms. The standard InChI is InChI=1S/C24H26F3N3O6/c25-24(26,27)36-12-18(31)16(10-15-6-9-28-20(15)33)29-21(34)17-11-23(7-8-23)13-30(17)22(35)19(32)14-4-2-1-3-5-14/h1-5,15-17H,6-13H2,(H,28,33)(H,29,34)/t15-,16?,17-/m0/s1. The molecule has 3 aliphatic rings. The zero-order valence-corrected chi connectivity index (χ0v) is 19.3. The molecule has 1 saturated carbocycles. The van der Waals surface area contributed by atoms with Gasteiger partial charge in [0, 0.05) is 24.6 Å². The Morgan fingerprint density at radius 2 is 1.86 bits per heavy atom. The van der Waals surface area contributed by atoms with Gasteiger partial charge in [0.2, 0.25) is 17.6 Å². The van der Waals surface area contributed by atoms with Crippen LogP contribution in [0.3, 0.4) is 0 Å². The number of hydrogen-bond donors (Lipinski definition) is 2. The number of amides is 3. The molecule has 2 N–H and O–H groups in total. The van der Waals surface area contributed by atoms with Crippen molar-refractivity contribution in [1.82, 2.24) is 15.5 Å². The monoisotopic (exact) mass is 509 g/mol. The maximum absolute atomic E-state index is 13.3. The van der Waals surface area contributed by atoms with Gasteiger partial charge in [0.25, 0.3) is 5.91 Å². The lowest BCUT2D eigenvalue weighted by molar-refractivity contribution is -0.321. The van der Waals surface area contributed by atoms with Gasteiger partial charge in [-0.1, -0.05) is 30.3 Å². The molecule has 2 saturated heterocycles. The molecule has 2 aliphatic heterocycles. The number of ketones is 2. The Kier molecular flexibility index (Phi) is 7.17. The molecule has 1 aromatic rings. The van der Waals surface area contributed by atoms with E-state index in [1.54, 1.807) is 18.2 Å². The molecule has 3 atom stereocenters. The van der Waals surface area contributed by atoms with Crippen LogP contribution in [0.15, 0.2) is 30.3 Å². The zero-order valence-electron chi connectivity index (χ0n) is 19.3. The van der Waals surface area contributed by atoms with E-state index < -0.39 is 54.4 Å². The zero-order chi connectivity index (χ0) is 26.1. The van der Waals surface area contributed by atoms with Crippen molar-refractivity contribution in [2.75, 3.05) is 19.7 Å². The summed E-state index contributed by atoms with van der Waals surface area (Å²) in [6.07, 6.45) is -3.07. The Balaban J connectivity index is 1.50. The lowest BCUT2D eigenvalue weighted by Gasteiger charge is -2.26. The number of hydrogen-bond acceptors (Lipinski definition) is 6. The summed E-state index contributed by atoms with van der Waals surface area (Å²) < 4.78 is 41.1. The normalized spacial score (nSPS) is 23.3.